The monoisotopic (exact) mass is 364 g/mol. The van der Waals surface area contributed by atoms with Gasteiger partial charge >= 0.3 is 0 Å². The summed E-state index contributed by atoms with van der Waals surface area (Å²) in [6.45, 7) is 2.16. The van der Waals surface area contributed by atoms with Crippen molar-refractivity contribution in [3.63, 3.8) is 0 Å². The van der Waals surface area contributed by atoms with E-state index in [2.05, 4.69) is 41.8 Å². The molecule has 0 heterocycles. The summed E-state index contributed by atoms with van der Waals surface area (Å²) in [7, 11) is 0. The summed E-state index contributed by atoms with van der Waals surface area (Å²) in [5, 5.41) is 5.72. The smallest absolute Gasteiger partial charge is 0.251 e. The molecule has 0 aromatic heterocycles. The quantitative estimate of drug-likeness (QED) is 0.811. The molecule has 2 N–H and O–H groups in total. The minimum Gasteiger partial charge on any atom is -0.352 e. The van der Waals surface area contributed by atoms with Gasteiger partial charge in [-0.05, 0) is 48.1 Å². The van der Waals surface area contributed by atoms with Gasteiger partial charge in [0.25, 0.3) is 5.91 Å². The summed E-state index contributed by atoms with van der Waals surface area (Å²) >= 11 is 0. The van der Waals surface area contributed by atoms with Crippen molar-refractivity contribution in [2.24, 2.45) is 0 Å². The highest BCUT2D eigenvalue weighted by molar-refractivity contribution is 5.96. The van der Waals surface area contributed by atoms with Gasteiger partial charge in [0.15, 0.2) is 0 Å². The maximum absolute atomic E-state index is 12.3. The maximum Gasteiger partial charge on any atom is 0.251 e. The minimum atomic E-state index is -0.221. The normalized spacial score (nSPS) is 14.6. The van der Waals surface area contributed by atoms with Gasteiger partial charge in [-0.3, -0.25) is 9.59 Å². The highest BCUT2D eigenvalue weighted by Crippen LogP contribution is 2.21. The number of carbonyl (C=O) groups excluding carboxylic acids is 2. The molecule has 142 valence electrons. The van der Waals surface area contributed by atoms with Crippen molar-refractivity contribution in [2.75, 3.05) is 6.54 Å². The molecule has 4 nitrogen and oxygen atoms in total. The van der Waals surface area contributed by atoms with E-state index in [4.69, 9.17) is 0 Å². The van der Waals surface area contributed by atoms with Gasteiger partial charge in [0.05, 0.1) is 6.54 Å². The first-order valence-corrected chi connectivity index (χ1v) is 9.92. The van der Waals surface area contributed by atoms with E-state index in [0.29, 0.717) is 5.56 Å². The Kier molecular flexibility index (Phi) is 6.64. The van der Waals surface area contributed by atoms with Crippen LogP contribution in [0.2, 0.25) is 0 Å². The van der Waals surface area contributed by atoms with Crippen LogP contribution >= 0.6 is 0 Å². The van der Waals surface area contributed by atoms with Gasteiger partial charge in [0.1, 0.15) is 0 Å². The Morgan fingerprint density at radius 1 is 0.889 bits per heavy atom. The number of hydrogen-bond donors (Lipinski definition) is 2. The molecule has 2 aromatic carbocycles. The highest BCUT2D eigenvalue weighted by Gasteiger charge is 2.16. The first-order valence-electron chi connectivity index (χ1n) is 9.92. The van der Waals surface area contributed by atoms with E-state index in [1.807, 2.05) is 12.1 Å². The van der Waals surface area contributed by atoms with Gasteiger partial charge in [-0.1, -0.05) is 62.6 Å². The number of amides is 2. The third-order valence-electron chi connectivity index (χ3n) is 5.22. The Bertz CT molecular complexity index is 760. The van der Waals surface area contributed by atoms with Gasteiger partial charge in [0.2, 0.25) is 5.91 Å². The van der Waals surface area contributed by atoms with E-state index in [1.54, 1.807) is 12.1 Å². The second-order valence-electron chi connectivity index (χ2n) is 7.21. The van der Waals surface area contributed by atoms with E-state index < -0.39 is 0 Å². The molecule has 2 amide bonds. The average molecular weight is 364 g/mol. The van der Waals surface area contributed by atoms with Crippen LogP contribution in [0.1, 0.15) is 54.9 Å². The topological polar surface area (TPSA) is 58.2 Å². The van der Waals surface area contributed by atoms with Gasteiger partial charge in [-0.15, -0.1) is 0 Å². The van der Waals surface area contributed by atoms with E-state index in [9.17, 15) is 9.59 Å². The second-order valence-corrected chi connectivity index (χ2v) is 7.21. The summed E-state index contributed by atoms with van der Waals surface area (Å²) in [6.07, 6.45) is 6.70. The Balaban J connectivity index is 1.51. The number of hydrogen-bond acceptors (Lipinski definition) is 2. The molecule has 27 heavy (non-hydrogen) atoms. The molecular weight excluding hydrogens is 336 g/mol. The lowest BCUT2D eigenvalue weighted by molar-refractivity contribution is -0.121. The number of rotatable bonds is 6. The fourth-order valence-corrected chi connectivity index (χ4v) is 3.54. The van der Waals surface area contributed by atoms with Crippen LogP contribution in [0.25, 0.3) is 11.1 Å². The molecular formula is C23H28N2O2. The van der Waals surface area contributed by atoms with E-state index >= 15 is 0 Å². The molecule has 0 bridgehead atoms. The van der Waals surface area contributed by atoms with Crippen LogP contribution in [0, 0.1) is 0 Å². The van der Waals surface area contributed by atoms with Crippen LogP contribution in [-0.2, 0) is 11.2 Å². The molecule has 0 unspecified atom stereocenters. The summed E-state index contributed by atoms with van der Waals surface area (Å²) in [4.78, 5) is 24.3. The molecule has 0 atom stereocenters. The zero-order valence-electron chi connectivity index (χ0n) is 16.0. The van der Waals surface area contributed by atoms with E-state index in [-0.39, 0.29) is 24.4 Å². The van der Waals surface area contributed by atoms with Crippen molar-refractivity contribution in [1.82, 2.24) is 10.6 Å². The van der Waals surface area contributed by atoms with E-state index in [1.165, 1.54) is 24.8 Å². The fraction of sp³-hybridized carbons (Fsp3) is 0.391. The largest absolute Gasteiger partial charge is 0.352 e. The predicted molar refractivity (Wildman–Crippen MR) is 109 cm³/mol. The number of nitrogens with one attached hydrogen (secondary N) is 2. The summed E-state index contributed by atoms with van der Waals surface area (Å²) in [5.74, 6) is -0.329. The number of benzene rings is 2. The van der Waals surface area contributed by atoms with Crippen LogP contribution in [0.15, 0.2) is 48.5 Å². The Morgan fingerprint density at radius 2 is 1.48 bits per heavy atom. The second kappa shape index (κ2) is 9.36. The minimum absolute atomic E-state index is 0.0234. The summed E-state index contributed by atoms with van der Waals surface area (Å²) in [6, 6.07) is 16.2. The Morgan fingerprint density at radius 3 is 2.07 bits per heavy atom. The van der Waals surface area contributed by atoms with Gasteiger partial charge in [-0.25, -0.2) is 0 Å². The van der Waals surface area contributed by atoms with Crippen molar-refractivity contribution in [3.8, 4) is 11.1 Å². The molecule has 0 radical (unpaired) electrons. The Hall–Kier alpha value is -2.62. The lowest BCUT2D eigenvalue weighted by atomic mass is 9.95. The lowest BCUT2D eigenvalue weighted by Crippen LogP contribution is -2.42. The molecule has 0 saturated heterocycles. The lowest BCUT2D eigenvalue weighted by Gasteiger charge is -2.22. The number of aryl methyl sites for hydroxylation is 1. The molecule has 1 fully saturated rings. The van der Waals surface area contributed by atoms with Crippen molar-refractivity contribution < 1.29 is 9.59 Å². The van der Waals surface area contributed by atoms with Crippen LogP contribution in [-0.4, -0.2) is 24.4 Å². The molecule has 3 rings (SSSR count). The average Bonchev–Trinajstić information content (AvgIpc) is 2.73. The van der Waals surface area contributed by atoms with Crippen LogP contribution < -0.4 is 10.6 Å². The van der Waals surface area contributed by atoms with Crippen molar-refractivity contribution in [1.29, 1.82) is 0 Å². The van der Waals surface area contributed by atoms with Crippen LogP contribution in [0.3, 0.4) is 0 Å². The summed E-state index contributed by atoms with van der Waals surface area (Å²) < 4.78 is 0. The third kappa shape index (κ3) is 5.43. The molecule has 4 heteroatoms. The Labute approximate surface area is 161 Å². The fourth-order valence-electron chi connectivity index (χ4n) is 3.54. The maximum atomic E-state index is 12.3. The molecule has 0 aliphatic heterocycles. The molecule has 1 saturated carbocycles. The third-order valence-corrected chi connectivity index (χ3v) is 5.22. The molecule has 1 aliphatic rings. The zero-order valence-corrected chi connectivity index (χ0v) is 16.0. The van der Waals surface area contributed by atoms with Gasteiger partial charge < -0.3 is 10.6 Å². The van der Waals surface area contributed by atoms with Gasteiger partial charge in [0, 0.05) is 11.6 Å². The highest BCUT2D eigenvalue weighted by atomic mass is 16.2. The number of carbonyl (C=O) groups is 2. The first-order chi connectivity index (χ1) is 13.2. The van der Waals surface area contributed by atoms with Crippen molar-refractivity contribution >= 4 is 11.8 Å². The molecule has 0 spiro atoms. The van der Waals surface area contributed by atoms with Crippen molar-refractivity contribution in [3.05, 3.63) is 59.7 Å². The SMILES string of the molecule is CCc1ccc(-c2ccc(C(=O)NCC(=O)NC3CCCCC3)cc2)cc1. The van der Waals surface area contributed by atoms with Gasteiger partial charge in [-0.2, -0.15) is 0 Å². The van der Waals surface area contributed by atoms with Crippen LogP contribution in [0.5, 0.6) is 0 Å². The zero-order chi connectivity index (χ0) is 19.1. The standard InChI is InChI=1S/C23H28N2O2/c1-2-17-8-10-18(11-9-17)19-12-14-20(15-13-19)23(27)24-16-22(26)25-21-6-4-3-5-7-21/h8-15,21H,2-7,16H2,1H3,(H,24,27)(H,25,26). The molecule has 1 aliphatic carbocycles. The van der Waals surface area contributed by atoms with Crippen molar-refractivity contribution in [2.45, 2.75) is 51.5 Å². The predicted octanol–water partition coefficient (Wildman–Crippen LogP) is 4.09. The van der Waals surface area contributed by atoms with Crippen LogP contribution in [0.4, 0.5) is 0 Å². The summed E-state index contributed by atoms with van der Waals surface area (Å²) in [5.41, 5.74) is 4.07. The van der Waals surface area contributed by atoms with E-state index in [0.717, 1.165) is 30.4 Å². The first kappa shape index (κ1) is 19.2. The molecule has 2 aromatic rings.